The second-order valence-electron chi connectivity index (χ2n) is 5.79. The van der Waals surface area contributed by atoms with Gasteiger partial charge in [0.25, 0.3) is 17.7 Å². The van der Waals surface area contributed by atoms with Crippen LogP contribution in [0.3, 0.4) is 0 Å². The Morgan fingerprint density at radius 3 is 2.44 bits per heavy atom. The molecular formula is C18H22N2O7. The first-order valence-electron chi connectivity index (χ1n) is 8.41. The highest BCUT2D eigenvalue weighted by Crippen LogP contribution is 2.24. The molecule has 0 radical (unpaired) electrons. The molecule has 9 heteroatoms. The van der Waals surface area contributed by atoms with Gasteiger partial charge < -0.3 is 19.5 Å². The number of methoxy groups -OCH3 is 2. The van der Waals surface area contributed by atoms with Crippen LogP contribution in [-0.2, 0) is 19.0 Å². The fourth-order valence-electron chi connectivity index (χ4n) is 2.55. The van der Waals surface area contributed by atoms with Gasteiger partial charge in [0.05, 0.1) is 23.3 Å². The third kappa shape index (κ3) is 5.11. The largest absolute Gasteiger partial charge is 0.452 e. The van der Waals surface area contributed by atoms with Crippen molar-refractivity contribution in [3.63, 3.8) is 0 Å². The quantitative estimate of drug-likeness (QED) is 0.353. The Hall–Kier alpha value is -2.78. The summed E-state index contributed by atoms with van der Waals surface area (Å²) in [7, 11) is 3.04. The number of carbonyl (C=O) groups is 4. The number of amides is 3. The highest BCUT2D eigenvalue weighted by Gasteiger charge is 2.35. The molecule has 0 atom stereocenters. The highest BCUT2D eigenvalue weighted by molar-refractivity contribution is 6.21. The van der Waals surface area contributed by atoms with Gasteiger partial charge in [0.2, 0.25) is 0 Å². The van der Waals surface area contributed by atoms with E-state index in [1.807, 2.05) is 0 Å². The number of nitrogens with one attached hydrogen (secondary N) is 1. The van der Waals surface area contributed by atoms with E-state index in [0.717, 1.165) is 4.90 Å². The van der Waals surface area contributed by atoms with Crippen molar-refractivity contribution in [3.05, 3.63) is 34.9 Å². The standard InChI is InChI=1S/C18H22N2O7/c1-25-8-3-7-20-16(22)13-5-4-12(10-14(13)17(20)23)18(24)27-11-15(21)19-6-9-26-2/h4-5,10H,3,6-9,11H2,1-2H3,(H,19,21). The van der Waals surface area contributed by atoms with Crippen LogP contribution >= 0.6 is 0 Å². The van der Waals surface area contributed by atoms with Gasteiger partial charge in [0.1, 0.15) is 0 Å². The molecule has 0 bridgehead atoms. The number of hydrogen-bond donors (Lipinski definition) is 1. The van der Waals surface area contributed by atoms with Crippen LogP contribution in [-0.4, -0.2) is 75.7 Å². The lowest BCUT2D eigenvalue weighted by atomic mass is 10.1. The van der Waals surface area contributed by atoms with Crippen molar-refractivity contribution in [2.45, 2.75) is 6.42 Å². The van der Waals surface area contributed by atoms with E-state index in [1.165, 1.54) is 32.4 Å². The van der Waals surface area contributed by atoms with Gasteiger partial charge in [-0.2, -0.15) is 0 Å². The minimum atomic E-state index is -0.752. The van der Waals surface area contributed by atoms with Crippen LogP contribution in [0, 0.1) is 0 Å². The van der Waals surface area contributed by atoms with Gasteiger partial charge in [-0.1, -0.05) is 0 Å². The Morgan fingerprint density at radius 1 is 1.04 bits per heavy atom. The summed E-state index contributed by atoms with van der Waals surface area (Å²) in [6.45, 7) is 0.872. The number of hydrogen-bond acceptors (Lipinski definition) is 7. The molecule has 1 N–H and O–H groups in total. The van der Waals surface area contributed by atoms with E-state index >= 15 is 0 Å². The van der Waals surface area contributed by atoms with Crippen LogP contribution in [0.25, 0.3) is 0 Å². The molecule has 0 unspecified atom stereocenters. The van der Waals surface area contributed by atoms with E-state index in [4.69, 9.17) is 14.2 Å². The fourth-order valence-corrected chi connectivity index (χ4v) is 2.55. The lowest BCUT2D eigenvalue weighted by Gasteiger charge is -2.12. The average molecular weight is 378 g/mol. The number of ether oxygens (including phenoxy) is 3. The number of nitrogens with zero attached hydrogens (tertiary/aromatic N) is 1. The molecule has 0 aromatic heterocycles. The molecule has 0 spiro atoms. The molecule has 146 valence electrons. The Bertz CT molecular complexity index is 732. The summed E-state index contributed by atoms with van der Waals surface area (Å²) in [6, 6.07) is 4.13. The first-order chi connectivity index (χ1) is 13.0. The van der Waals surface area contributed by atoms with Crippen LogP contribution in [0.1, 0.15) is 37.5 Å². The monoisotopic (exact) mass is 378 g/mol. The lowest BCUT2D eigenvalue weighted by Crippen LogP contribution is -2.31. The van der Waals surface area contributed by atoms with Crippen molar-refractivity contribution in [1.29, 1.82) is 0 Å². The molecule has 1 aromatic rings. The van der Waals surface area contributed by atoms with Crippen LogP contribution in [0.4, 0.5) is 0 Å². The predicted molar refractivity (Wildman–Crippen MR) is 93.5 cm³/mol. The maximum absolute atomic E-state index is 12.4. The lowest BCUT2D eigenvalue weighted by molar-refractivity contribution is -0.124. The van der Waals surface area contributed by atoms with Gasteiger partial charge in [-0.3, -0.25) is 19.3 Å². The number of rotatable bonds is 10. The number of fused-ring (bicyclic) bond motifs is 1. The van der Waals surface area contributed by atoms with Crippen molar-refractivity contribution in [2.75, 3.05) is 47.1 Å². The van der Waals surface area contributed by atoms with Crippen LogP contribution in [0.5, 0.6) is 0 Å². The van der Waals surface area contributed by atoms with Gasteiger partial charge in [-0.25, -0.2) is 4.79 Å². The van der Waals surface area contributed by atoms with E-state index < -0.39 is 30.3 Å². The van der Waals surface area contributed by atoms with Crippen molar-refractivity contribution in [3.8, 4) is 0 Å². The molecule has 0 saturated carbocycles. The molecule has 3 amide bonds. The van der Waals surface area contributed by atoms with Crippen molar-refractivity contribution in [2.24, 2.45) is 0 Å². The summed E-state index contributed by atoms with van der Waals surface area (Å²) in [5, 5.41) is 2.52. The van der Waals surface area contributed by atoms with E-state index in [2.05, 4.69) is 5.32 Å². The van der Waals surface area contributed by atoms with Crippen molar-refractivity contribution >= 4 is 23.7 Å². The Morgan fingerprint density at radius 2 is 1.74 bits per heavy atom. The number of esters is 1. The topological polar surface area (TPSA) is 111 Å². The Balaban J connectivity index is 1.98. The molecule has 0 aliphatic carbocycles. The zero-order valence-electron chi connectivity index (χ0n) is 15.3. The van der Waals surface area contributed by atoms with Crippen molar-refractivity contribution in [1.82, 2.24) is 10.2 Å². The second-order valence-corrected chi connectivity index (χ2v) is 5.79. The summed E-state index contributed by atoms with van der Waals surface area (Å²) in [5.41, 5.74) is 0.487. The minimum absolute atomic E-state index is 0.0957. The van der Waals surface area contributed by atoms with Gasteiger partial charge in [-0.15, -0.1) is 0 Å². The summed E-state index contributed by atoms with van der Waals surface area (Å²) in [5.74, 6) is -2.07. The fraction of sp³-hybridized carbons (Fsp3) is 0.444. The molecule has 27 heavy (non-hydrogen) atoms. The zero-order valence-corrected chi connectivity index (χ0v) is 15.3. The van der Waals surface area contributed by atoms with Gasteiger partial charge in [0.15, 0.2) is 6.61 Å². The normalized spacial score (nSPS) is 12.9. The summed E-state index contributed by atoms with van der Waals surface area (Å²) in [4.78, 5) is 49.5. The Labute approximate surface area is 156 Å². The Kier molecular flexibility index (Phi) is 7.44. The zero-order chi connectivity index (χ0) is 19.8. The second kappa shape index (κ2) is 9.79. The highest BCUT2D eigenvalue weighted by atomic mass is 16.5. The third-order valence-electron chi connectivity index (χ3n) is 3.90. The smallest absolute Gasteiger partial charge is 0.338 e. The van der Waals surface area contributed by atoms with Crippen LogP contribution in [0.2, 0.25) is 0 Å². The molecule has 2 rings (SSSR count). The van der Waals surface area contributed by atoms with E-state index in [-0.39, 0.29) is 23.2 Å². The molecule has 1 aromatic carbocycles. The minimum Gasteiger partial charge on any atom is -0.452 e. The molecule has 0 fully saturated rings. The van der Waals surface area contributed by atoms with Gasteiger partial charge in [-0.05, 0) is 24.6 Å². The molecule has 0 saturated heterocycles. The van der Waals surface area contributed by atoms with E-state index in [0.29, 0.717) is 26.2 Å². The molecular weight excluding hydrogens is 356 g/mol. The van der Waals surface area contributed by atoms with Crippen LogP contribution in [0.15, 0.2) is 18.2 Å². The molecule has 9 nitrogen and oxygen atoms in total. The molecule has 1 aliphatic rings. The summed E-state index contributed by atoms with van der Waals surface area (Å²) < 4.78 is 14.7. The predicted octanol–water partition coefficient (Wildman–Crippen LogP) is 0.239. The van der Waals surface area contributed by atoms with Crippen LogP contribution < -0.4 is 5.32 Å². The molecule has 1 heterocycles. The van der Waals surface area contributed by atoms with Gasteiger partial charge >= 0.3 is 5.97 Å². The van der Waals surface area contributed by atoms with Gasteiger partial charge in [0, 0.05) is 33.9 Å². The maximum atomic E-state index is 12.4. The maximum Gasteiger partial charge on any atom is 0.338 e. The summed E-state index contributed by atoms with van der Waals surface area (Å²) >= 11 is 0. The first-order valence-corrected chi connectivity index (χ1v) is 8.41. The number of imide groups is 1. The SMILES string of the molecule is COCCCN1C(=O)c2ccc(C(=O)OCC(=O)NCCOC)cc2C1=O. The molecule has 1 aliphatic heterocycles. The average Bonchev–Trinajstić information content (AvgIpc) is 2.91. The van der Waals surface area contributed by atoms with Crippen molar-refractivity contribution < 1.29 is 33.4 Å². The number of carbonyl (C=O) groups excluding carboxylic acids is 4. The van der Waals surface area contributed by atoms with E-state index in [1.54, 1.807) is 0 Å². The van der Waals surface area contributed by atoms with E-state index in [9.17, 15) is 19.2 Å². The third-order valence-corrected chi connectivity index (χ3v) is 3.90. The first kappa shape index (κ1) is 20.5. The number of benzene rings is 1. The summed E-state index contributed by atoms with van der Waals surface area (Å²) in [6.07, 6.45) is 0.523.